The van der Waals surface area contributed by atoms with Gasteiger partial charge in [-0.3, -0.25) is 4.79 Å². The van der Waals surface area contributed by atoms with E-state index in [0.717, 1.165) is 6.42 Å². The van der Waals surface area contributed by atoms with Crippen molar-refractivity contribution in [2.45, 2.75) is 25.5 Å². The average Bonchev–Trinajstić information content (AvgIpc) is 2.71. The van der Waals surface area contributed by atoms with Crippen LogP contribution in [0.25, 0.3) is 0 Å². The minimum absolute atomic E-state index is 0.102. The van der Waals surface area contributed by atoms with Crippen LogP contribution in [0.15, 0.2) is 11.6 Å². The van der Waals surface area contributed by atoms with Crippen LogP contribution in [-0.4, -0.2) is 23.0 Å². The molecule has 3 heteroatoms. The second kappa shape index (κ2) is 2.41. The molecule has 1 saturated carbocycles. The smallest absolute Gasteiger partial charge is 0.177 e. The highest BCUT2D eigenvalue weighted by Crippen LogP contribution is 2.50. The number of aliphatic hydroxyl groups is 1. The molecule has 12 heavy (non-hydrogen) atoms. The number of hydrogen-bond acceptors (Lipinski definition) is 3. The van der Waals surface area contributed by atoms with Gasteiger partial charge < -0.3 is 10.8 Å². The molecule has 0 saturated heterocycles. The van der Waals surface area contributed by atoms with Gasteiger partial charge in [-0.1, -0.05) is 6.08 Å². The van der Waals surface area contributed by atoms with Gasteiger partial charge in [-0.2, -0.15) is 0 Å². The van der Waals surface area contributed by atoms with E-state index in [1.807, 2.05) is 6.08 Å². The molecule has 0 spiro atoms. The van der Waals surface area contributed by atoms with Crippen molar-refractivity contribution in [3.8, 4) is 0 Å². The number of carbonyl (C=O) groups excluding carboxylic acids is 1. The summed E-state index contributed by atoms with van der Waals surface area (Å²) in [6.45, 7) is 1.65. The van der Waals surface area contributed by atoms with E-state index in [1.165, 1.54) is 0 Å². The molecule has 0 unspecified atom stereocenters. The van der Waals surface area contributed by atoms with Crippen molar-refractivity contribution >= 4 is 5.78 Å². The fourth-order valence-corrected chi connectivity index (χ4v) is 1.84. The summed E-state index contributed by atoms with van der Waals surface area (Å²) in [6.07, 6.45) is 2.39. The van der Waals surface area contributed by atoms with E-state index >= 15 is 0 Å². The Balaban J connectivity index is 2.14. The third-order valence-corrected chi connectivity index (χ3v) is 2.71. The molecule has 3 N–H and O–H groups in total. The van der Waals surface area contributed by atoms with Crippen molar-refractivity contribution in [2.75, 3.05) is 0 Å². The van der Waals surface area contributed by atoms with Crippen LogP contribution in [0.5, 0.6) is 0 Å². The molecule has 66 valence electrons. The van der Waals surface area contributed by atoms with Gasteiger partial charge in [0.1, 0.15) is 0 Å². The van der Waals surface area contributed by atoms with Gasteiger partial charge in [-0.15, -0.1) is 0 Å². The quantitative estimate of drug-likeness (QED) is 0.600. The van der Waals surface area contributed by atoms with Crippen molar-refractivity contribution in [3.63, 3.8) is 0 Å². The summed E-state index contributed by atoms with van der Waals surface area (Å²) in [5.41, 5.74) is 5.98. The topological polar surface area (TPSA) is 63.3 Å². The highest BCUT2D eigenvalue weighted by Gasteiger charge is 2.49. The molecule has 0 bridgehead atoms. The predicted molar refractivity (Wildman–Crippen MR) is 44.3 cm³/mol. The largest absolute Gasteiger partial charge is 0.388 e. The molecule has 0 heterocycles. The maximum atomic E-state index is 11.4. The molecule has 0 radical (unpaired) electrons. The van der Waals surface area contributed by atoms with Crippen LogP contribution >= 0.6 is 0 Å². The first-order valence-electron chi connectivity index (χ1n) is 4.31. The van der Waals surface area contributed by atoms with E-state index in [1.54, 1.807) is 6.92 Å². The molecular weight excluding hydrogens is 154 g/mol. The number of ketones is 1. The number of nitrogens with two attached hydrogens (primary N) is 1. The van der Waals surface area contributed by atoms with Gasteiger partial charge in [-0.05, 0) is 25.2 Å². The zero-order valence-corrected chi connectivity index (χ0v) is 7.03. The van der Waals surface area contributed by atoms with Crippen molar-refractivity contribution < 1.29 is 9.90 Å². The fourth-order valence-electron chi connectivity index (χ4n) is 1.84. The average molecular weight is 167 g/mol. The Bertz CT molecular complexity index is 257. The van der Waals surface area contributed by atoms with Gasteiger partial charge in [-0.25, -0.2) is 0 Å². The lowest BCUT2D eigenvalue weighted by Gasteiger charge is -2.11. The Morgan fingerprint density at radius 1 is 1.83 bits per heavy atom. The van der Waals surface area contributed by atoms with Crippen LogP contribution in [0.1, 0.15) is 13.3 Å². The Labute approximate surface area is 71.3 Å². The van der Waals surface area contributed by atoms with Gasteiger partial charge in [0.15, 0.2) is 5.78 Å². The van der Waals surface area contributed by atoms with Crippen LogP contribution in [-0.2, 0) is 4.79 Å². The molecule has 2 rings (SSSR count). The van der Waals surface area contributed by atoms with Crippen molar-refractivity contribution in [2.24, 2.45) is 17.6 Å². The molecule has 2 aliphatic rings. The van der Waals surface area contributed by atoms with Crippen LogP contribution < -0.4 is 5.73 Å². The number of rotatable bonds is 2. The molecule has 0 aromatic rings. The third-order valence-electron chi connectivity index (χ3n) is 2.71. The maximum Gasteiger partial charge on any atom is 0.177 e. The zero-order chi connectivity index (χ0) is 8.88. The van der Waals surface area contributed by atoms with Gasteiger partial charge >= 0.3 is 0 Å². The van der Waals surface area contributed by atoms with Crippen molar-refractivity contribution in [3.05, 3.63) is 11.6 Å². The van der Waals surface area contributed by atoms with Crippen LogP contribution in [0.2, 0.25) is 0 Å². The van der Waals surface area contributed by atoms with Gasteiger partial charge in [0.2, 0.25) is 0 Å². The normalized spacial score (nSPS) is 40.2. The lowest BCUT2D eigenvalue weighted by Crippen LogP contribution is -2.32. The van der Waals surface area contributed by atoms with Gasteiger partial charge in [0, 0.05) is 5.57 Å². The number of allylic oxidation sites excluding steroid dienone is 1. The minimum Gasteiger partial charge on any atom is -0.388 e. The van der Waals surface area contributed by atoms with E-state index in [2.05, 4.69) is 0 Å². The Morgan fingerprint density at radius 2 is 2.50 bits per heavy atom. The number of aliphatic hydroxyl groups excluding tert-OH is 1. The van der Waals surface area contributed by atoms with Crippen LogP contribution in [0.3, 0.4) is 0 Å². The molecule has 2 aliphatic carbocycles. The Hall–Kier alpha value is -0.670. The number of Topliss-reactive ketones (excluding diaryl/α,β-unsaturated/α-hetero) is 1. The van der Waals surface area contributed by atoms with Crippen molar-refractivity contribution in [1.29, 1.82) is 0 Å². The molecule has 0 amide bonds. The summed E-state index contributed by atoms with van der Waals surface area (Å²) in [4.78, 5) is 11.4. The van der Waals surface area contributed by atoms with Crippen LogP contribution in [0, 0.1) is 11.8 Å². The highest BCUT2D eigenvalue weighted by atomic mass is 16.3. The number of carbonyl (C=O) groups is 1. The summed E-state index contributed by atoms with van der Waals surface area (Å²) in [6, 6.07) is -0.483. The first kappa shape index (κ1) is 7.95. The summed E-state index contributed by atoms with van der Waals surface area (Å²) >= 11 is 0. The number of hydrogen-bond donors (Lipinski definition) is 2. The second-order valence-corrected chi connectivity index (χ2v) is 3.78. The lowest BCUT2D eigenvalue weighted by atomic mass is 10.0. The zero-order valence-electron chi connectivity index (χ0n) is 7.03. The first-order valence-corrected chi connectivity index (χ1v) is 4.31. The number of fused-ring (bicyclic) bond motifs is 1. The van der Waals surface area contributed by atoms with E-state index in [4.69, 9.17) is 5.73 Å². The standard InChI is InChI=1S/C9H13NO2/c1-4(10)8(11)7-3-5-2-6(5)9(7)12/h3-6,9,12H,2,10H2,1H3/t4-,5-,6-,9+/m0/s1. The van der Waals surface area contributed by atoms with E-state index < -0.39 is 12.1 Å². The lowest BCUT2D eigenvalue weighted by molar-refractivity contribution is -0.117. The summed E-state index contributed by atoms with van der Waals surface area (Å²) in [5.74, 6) is 0.676. The predicted octanol–water partition coefficient (Wildman–Crippen LogP) is -0.160. The summed E-state index contributed by atoms with van der Waals surface area (Å²) in [5, 5.41) is 9.57. The molecule has 4 atom stereocenters. The fraction of sp³-hybridized carbons (Fsp3) is 0.667. The summed E-state index contributed by atoms with van der Waals surface area (Å²) < 4.78 is 0. The van der Waals surface area contributed by atoms with Crippen LogP contribution in [0.4, 0.5) is 0 Å². The SMILES string of the molecule is C[C@H](N)C(=O)C1=C[C@@H]2C[C@@H]2[C@H]1O. The van der Waals surface area contributed by atoms with E-state index in [-0.39, 0.29) is 5.78 Å². The molecule has 0 aromatic heterocycles. The third kappa shape index (κ3) is 1.01. The summed E-state index contributed by atoms with van der Waals surface area (Å²) in [7, 11) is 0. The Morgan fingerprint density at radius 3 is 2.92 bits per heavy atom. The van der Waals surface area contributed by atoms with Gasteiger partial charge in [0.05, 0.1) is 12.1 Å². The minimum atomic E-state index is -0.534. The maximum absolute atomic E-state index is 11.4. The second-order valence-electron chi connectivity index (χ2n) is 3.78. The molecule has 1 fully saturated rings. The molecule has 0 aromatic carbocycles. The Kier molecular flexibility index (Phi) is 1.59. The van der Waals surface area contributed by atoms with E-state index in [0.29, 0.717) is 17.4 Å². The molecule has 0 aliphatic heterocycles. The molecule has 3 nitrogen and oxygen atoms in total. The monoisotopic (exact) mass is 167 g/mol. The molecular formula is C9H13NO2. The van der Waals surface area contributed by atoms with Crippen molar-refractivity contribution in [1.82, 2.24) is 0 Å². The highest BCUT2D eigenvalue weighted by molar-refractivity contribution is 6.00. The van der Waals surface area contributed by atoms with Gasteiger partial charge in [0.25, 0.3) is 0 Å². The van der Waals surface area contributed by atoms with E-state index in [9.17, 15) is 9.90 Å². The first-order chi connectivity index (χ1) is 5.61.